The summed E-state index contributed by atoms with van der Waals surface area (Å²) >= 11 is 0. The van der Waals surface area contributed by atoms with Crippen molar-refractivity contribution in [2.75, 3.05) is 18.0 Å². The van der Waals surface area contributed by atoms with Crippen molar-refractivity contribution < 1.29 is 5.11 Å². The quantitative estimate of drug-likeness (QED) is 0.768. The Kier molecular flexibility index (Phi) is 3.07. The zero-order chi connectivity index (χ0) is 11.5. The van der Waals surface area contributed by atoms with Crippen LogP contribution in [0.2, 0.25) is 0 Å². The normalized spacial score (nSPS) is 20.6. The fourth-order valence-electron chi connectivity index (χ4n) is 2.02. The van der Waals surface area contributed by atoms with Gasteiger partial charge in [0.1, 0.15) is 11.9 Å². The van der Waals surface area contributed by atoms with Gasteiger partial charge in [-0.25, -0.2) is 4.98 Å². The lowest BCUT2D eigenvalue weighted by molar-refractivity contribution is 0.154. The van der Waals surface area contributed by atoms with E-state index in [-0.39, 0.29) is 6.10 Å². The van der Waals surface area contributed by atoms with Crippen molar-refractivity contribution in [1.82, 2.24) is 4.98 Å². The monoisotopic (exact) mass is 217 g/mol. The van der Waals surface area contributed by atoms with E-state index in [0.29, 0.717) is 17.9 Å². The third kappa shape index (κ3) is 2.15. The van der Waals surface area contributed by atoms with Crippen LogP contribution in [0.15, 0.2) is 12.1 Å². The lowest BCUT2D eigenvalue weighted by atomic mass is 10.1. The van der Waals surface area contributed by atoms with E-state index in [1.165, 1.54) is 0 Å². The second-order valence-corrected chi connectivity index (χ2v) is 4.18. The molecule has 0 radical (unpaired) electrons. The van der Waals surface area contributed by atoms with Gasteiger partial charge in [0.15, 0.2) is 0 Å². The highest BCUT2D eigenvalue weighted by Gasteiger charge is 2.21. The van der Waals surface area contributed by atoms with Crippen LogP contribution in [0.1, 0.15) is 24.1 Å². The van der Waals surface area contributed by atoms with Crippen LogP contribution >= 0.6 is 0 Å². The summed E-state index contributed by atoms with van der Waals surface area (Å²) in [5, 5.41) is 18.6. The molecule has 0 aromatic carbocycles. The number of aryl methyl sites for hydroxylation is 1. The van der Waals surface area contributed by atoms with E-state index in [9.17, 15) is 5.11 Å². The lowest BCUT2D eigenvalue weighted by Crippen LogP contribution is -2.39. The third-order valence-electron chi connectivity index (χ3n) is 2.83. The van der Waals surface area contributed by atoms with Crippen LogP contribution in [0.25, 0.3) is 0 Å². The number of nitrogens with zero attached hydrogens (tertiary/aromatic N) is 3. The van der Waals surface area contributed by atoms with Crippen molar-refractivity contribution in [2.45, 2.75) is 25.9 Å². The smallest absolute Gasteiger partial charge is 0.146 e. The molecule has 0 spiro atoms. The van der Waals surface area contributed by atoms with Gasteiger partial charge in [0.25, 0.3) is 0 Å². The first-order valence-corrected chi connectivity index (χ1v) is 5.51. The van der Waals surface area contributed by atoms with Crippen LogP contribution in [0.3, 0.4) is 0 Å². The molecule has 1 atom stereocenters. The SMILES string of the molecule is Cc1ccc(C#N)c(N2CCCC(O)C2)n1. The number of β-amino-alcohol motifs (C(OH)–C–C–N with tert-alkyl or cyclic N) is 1. The number of aliphatic hydroxyl groups is 1. The predicted octanol–water partition coefficient (Wildman–Crippen LogP) is 1.22. The van der Waals surface area contributed by atoms with E-state index >= 15 is 0 Å². The highest BCUT2D eigenvalue weighted by molar-refractivity contribution is 5.54. The van der Waals surface area contributed by atoms with E-state index < -0.39 is 0 Å². The van der Waals surface area contributed by atoms with Gasteiger partial charge in [0, 0.05) is 18.8 Å². The third-order valence-corrected chi connectivity index (χ3v) is 2.83. The molecular formula is C12H15N3O. The molecule has 1 aromatic rings. The average molecular weight is 217 g/mol. The minimum atomic E-state index is -0.303. The summed E-state index contributed by atoms with van der Waals surface area (Å²) < 4.78 is 0. The molecule has 2 rings (SSSR count). The van der Waals surface area contributed by atoms with Crippen molar-refractivity contribution >= 4 is 5.82 Å². The van der Waals surface area contributed by atoms with E-state index in [4.69, 9.17) is 5.26 Å². The fraction of sp³-hybridized carbons (Fsp3) is 0.500. The van der Waals surface area contributed by atoms with Crippen LogP contribution in [0.5, 0.6) is 0 Å². The van der Waals surface area contributed by atoms with Crippen LogP contribution in [0, 0.1) is 18.3 Å². The van der Waals surface area contributed by atoms with E-state index in [1.807, 2.05) is 17.9 Å². The number of aliphatic hydroxyl groups excluding tert-OH is 1. The molecule has 16 heavy (non-hydrogen) atoms. The number of hydrogen-bond acceptors (Lipinski definition) is 4. The molecular weight excluding hydrogens is 202 g/mol. The first-order chi connectivity index (χ1) is 7.70. The molecule has 1 aliphatic rings. The molecule has 1 aliphatic heterocycles. The number of piperidine rings is 1. The number of hydrogen-bond donors (Lipinski definition) is 1. The minimum Gasteiger partial charge on any atom is -0.391 e. The summed E-state index contributed by atoms with van der Waals surface area (Å²) in [5.74, 6) is 0.709. The van der Waals surface area contributed by atoms with Crippen LogP contribution in [-0.2, 0) is 0 Å². The zero-order valence-electron chi connectivity index (χ0n) is 9.35. The maximum Gasteiger partial charge on any atom is 0.146 e. The van der Waals surface area contributed by atoms with Crippen LogP contribution < -0.4 is 4.90 Å². The second kappa shape index (κ2) is 4.50. The fourth-order valence-corrected chi connectivity index (χ4v) is 2.02. The molecule has 4 heteroatoms. The minimum absolute atomic E-state index is 0.303. The largest absolute Gasteiger partial charge is 0.391 e. The van der Waals surface area contributed by atoms with Gasteiger partial charge in [-0.3, -0.25) is 0 Å². The average Bonchev–Trinajstić information content (AvgIpc) is 2.29. The summed E-state index contributed by atoms with van der Waals surface area (Å²) in [6.45, 7) is 3.35. The molecule has 84 valence electrons. The van der Waals surface area contributed by atoms with Crippen molar-refractivity contribution in [3.8, 4) is 6.07 Å². The Morgan fingerprint density at radius 1 is 1.56 bits per heavy atom. The van der Waals surface area contributed by atoms with Crippen molar-refractivity contribution in [1.29, 1.82) is 5.26 Å². The molecule has 1 N–H and O–H groups in total. The highest BCUT2D eigenvalue weighted by Crippen LogP contribution is 2.22. The molecule has 4 nitrogen and oxygen atoms in total. The first-order valence-electron chi connectivity index (χ1n) is 5.51. The molecule has 2 heterocycles. The molecule has 0 saturated carbocycles. The van der Waals surface area contributed by atoms with E-state index in [2.05, 4.69) is 11.1 Å². The summed E-state index contributed by atoms with van der Waals surface area (Å²) in [5.41, 5.74) is 1.48. The standard InChI is InChI=1S/C12H15N3O/c1-9-4-5-10(7-13)12(14-9)15-6-2-3-11(16)8-15/h4-5,11,16H,2-3,6,8H2,1H3. The summed E-state index contributed by atoms with van der Waals surface area (Å²) in [4.78, 5) is 6.39. The van der Waals surface area contributed by atoms with Gasteiger partial charge in [-0.2, -0.15) is 5.26 Å². The molecule has 1 saturated heterocycles. The number of anilines is 1. The number of pyridine rings is 1. The highest BCUT2D eigenvalue weighted by atomic mass is 16.3. The Bertz CT molecular complexity index is 425. The summed E-state index contributed by atoms with van der Waals surface area (Å²) in [6.07, 6.45) is 1.48. The Labute approximate surface area is 95.1 Å². The Hall–Kier alpha value is -1.60. The van der Waals surface area contributed by atoms with Crippen LogP contribution in [-0.4, -0.2) is 29.3 Å². The van der Waals surface area contributed by atoms with Gasteiger partial charge in [0.05, 0.1) is 11.7 Å². The Balaban J connectivity index is 2.31. The maximum absolute atomic E-state index is 9.62. The van der Waals surface area contributed by atoms with E-state index in [1.54, 1.807) is 6.07 Å². The molecule has 0 bridgehead atoms. The Morgan fingerprint density at radius 2 is 2.38 bits per heavy atom. The molecule has 1 unspecified atom stereocenters. The van der Waals surface area contributed by atoms with Crippen molar-refractivity contribution in [2.24, 2.45) is 0 Å². The van der Waals surface area contributed by atoms with Gasteiger partial charge in [-0.1, -0.05) is 0 Å². The summed E-state index contributed by atoms with van der Waals surface area (Å²) in [7, 11) is 0. The molecule has 1 fully saturated rings. The number of aromatic nitrogens is 1. The van der Waals surface area contributed by atoms with E-state index in [0.717, 1.165) is 25.1 Å². The number of rotatable bonds is 1. The van der Waals surface area contributed by atoms with Gasteiger partial charge >= 0.3 is 0 Å². The zero-order valence-corrected chi connectivity index (χ0v) is 9.35. The molecule has 1 aromatic heterocycles. The van der Waals surface area contributed by atoms with Gasteiger partial charge in [-0.05, 0) is 31.9 Å². The summed E-state index contributed by atoms with van der Waals surface area (Å²) in [6, 6.07) is 5.78. The topological polar surface area (TPSA) is 60.2 Å². The molecule has 0 amide bonds. The first kappa shape index (κ1) is 10.9. The predicted molar refractivity (Wildman–Crippen MR) is 61.1 cm³/mol. The second-order valence-electron chi connectivity index (χ2n) is 4.18. The van der Waals surface area contributed by atoms with Crippen molar-refractivity contribution in [3.63, 3.8) is 0 Å². The van der Waals surface area contributed by atoms with Gasteiger partial charge < -0.3 is 10.0 Å². The van der Waals surface area contributed by atoms with Gasteiger partial charge in [0.2, 0.25) is 0 Å². The maximum atomic E-state index is 9.62. The Morgan fingerprint density at radius 3 is 3.06 bits per heavy atom. The van der Waals surface area contributed by atoms with Crippen molar-refractivity contribution in [3.05, 3.63) is 23.4 Å². The number of nitriles is 1. The molecule has 0 aliphatic carbocycles. The lowest BCUT2D eigenvalue weighted by Gasteiger charge is -2.31. The van der Waals surface area contributed by atoms with Gasteiger partial charge in [-0.15, -0.1) is 0 Å². The van der Waals surface area contributed by atoms with Crippen LogP contribution in [0.4, 0.5) is 5.82 Å².